The molecule has 96 valence electrons. The van der Waals surface area contributed by atoms with Crippen molar-refractivity contribution in [3.05, 3.63) is 30.6 Å². The number of nitrogens with zero attached hydrogens (tertiary/aromatic N) is 2. The van der Waals surface area contributed by atoms with E-state index in [1.165, 1.54) is 12.8 Å². The lowest BCUT2D eigenvalue weighted by Gasteiger charge is -2.06. The zero-order valence-corrected chi connectivity index (χ0v) is 10.3. The fraction of sp³-hybridized carbons (Fsp3) is 0.286. The zero-order chi connectivity index (χ0) is 12.7. The topological polar surface area (TPSA) is 56.3 Å². The second kappa shape index (κ2) is 4.12. The molecule has 0 spiro atoms. The number of ether oxygens (including phenoxy) is 2. The van der Waals surface area contributed by atoms with Gasteiger partial charge in [0.1, 0.15) is 12.1 Å². The molecule has 2 aliphatic rings. The van der Waals surface area contributed by atoms with Crippen LogP contribution in [0.1, 0.15) is 12.8 Å². The van der Waals surface area contributed by atoms with Crippen molar-refractivity contribution in [3.8, 4) is 22.8 Å². The van der Waals surface area contributed by atoms with E-state index < -0.39 is 0 Å². The molecule has 1 aliphatic heterocycles. The minimum absolute atomic E-state index is 0.289. The molecule has 5 nitrogen and oxygen atoms in total. The Morgan fingerprint density at radius 2 is 1.95 bits per heavy atom. The van der Waals surface area contributed by atoms with Gasteiger partial charge in [0.05, 0.1) is 5.69 Å². The molecule has 1 aliphatic carbocycles. The van der Waals surface area contributed by atoms with Crippen molar-refractivity contribution < 1.29 is 9.47 Å². The molecular weight excluding hydrogens is 242 g/mol. The Balaban J connectivity index is 1.67. The lowest BCUT2D eigenvalue weighted by molar-refractivity contribution is 0.174. The first-order valence-corrected chi connectivity index (χ1v) is 6.37. The number of fused-ring (bicyclic) bond motifs is 1. The predicted octanol–water partition coefficient (Wildman–Crippen LogP) is 2.45. The maximum absolute atomic E-state index is 5.38. The summed E-state index contributed by atoms with van der Waals surface area (Å²) >= 11 is 0. The van der Waals surface area contributed by atoms with Crippen molar-refractivity contribution in [3.63, 3.8) is 0 Å². The van der Waals surface area contributed by atoms with Crippen molar-refractivity contribution in [2.24, 2.45) is 0 Å². The Morgan fingerprint density at radius 1 is 1.05 bits per heavy atom. The summed E-state index contributed by atoms with van der Waals surface area (Å²) in [6.07, 6.45) is 4.04. The van der Waals surface area contributed by atoms with Gasteiger partial charge in [-0.15, -0.1) is 0 Å². The van der Waals surface area contributed by atoms with E-state index in [2.05, 4.69) is 15.3 Å². The first-order chi connectivity index (χ1) is 9.38. The van der Waals surface area contributed by atoms with Gasteiger partial charge in [-0.3, -0.25) is 0 Å². The molecule has 1 aromatic carbocycles. The SMILES string of the molecule is c1nc(NC2CC2)cc(-c2ccc3c(c2)OCO3)n1. The van der Waals surface area contributed by atoms with Crippen molar-refractivity contribution >= 4 is 5.82 Å². The average Bonchev–Trinajstić information content (AvgIpc) is 3.13. The molecule has 1 aromatic heterocycles. The minimum atomic E-state index is 0.289. The highest BCUT2D eigenvalue weighted by Gasteiger charge is 2.21. The van der Waals surface area contributed by atoms with Crippen LogP contribution in [0.25, 0.3) is 11.3 Å². The molecule has 0 saturated heterocycles. The molecule has 2 heterocycles. The van der Waals surface area contributed by atoms with Gasteiger partial charge < -0.3 is 14.8 Å². The largest absolute Gasteiger partial charge is 0.454 e. The summed E-state index contributed by atoms with van der Waals surface area (Å²) in [4.78, 5) is 8.55. The summed E-state index contributed by atoms with van der Waals surface area (Å²) in [5.74, 6) is 2.44. The van der Waals surface area contributed by atoms with Crippen LogP contribution in [0.15, 0.2) is 30.6 Å². The fourth-order valence-electron chi connectivity index (χ4n) is 2.09. The molecule has 1 saturated carbocycles. The van der Waals surface area contributed by atoms with Gasteiger partial charge in [0, 0.05) is 17.7 Å². The first kappa shape index (κ1) is 10.6. The van der Waals surface area contributed by atoms with E-state index >= 15 is 0 Å². The Labute approximate surface area is 110 Å². The number of rotatable bonds is 3. The van der Waals surface area contributed by atoms with E-state index in [4.69, 9.17) is 9.47 Å². The van der Waals surface area contributed by atoms with Crippen LogP contribution in [-0.4, -0.2) is 22.8 Å². The third-order valence-corrected chi connectivity index (χ3v) is 3.26. The van der Waals surface area contributed by atoms with E-state index in [0.717, 1.165) is 28.6 Å². The molecule has 0 bridgehead atoms. The van der Waals surface area contributed by atoms with Gasteiger partial charge in [-0.05, 0) is 31.0 Å². The lowest BCUT2D eigenvalue weighted by Crippen LogP contribution is -2.03. The Morgan fingerprint density at radius 3 is 2.84 bits per heavy atom. The van der Waals surface area contributed by atoms with Crippen LogP contribution in [0.5, 0.6) is 11.5 Å². The molecule has 0 atom stereocenters. The van der Waals surface area contributed by atoms with Gasteiger partial charge in [0.25, 0.3) is 0 Å². The van der Waals surface area contributed by atoms with Crippen LogP contribution >= 0.6 is 0 Å². The predicted molar refractivity (Wildman–Crippen MR) is 70.2 cm³/mol. The average molecular weight is 255 g/mol. The van der Waals surface area contributed by atoms with Gasteiger partial charge in [0.2, 0.25) is 6.79 Å². The standard InChI is InChI=1S/C14H13N3O2/c1-4-12-13(19-8-18-12)5-9(1)11-6-14(16-7-15-11)17-10-2-3-10/h1,4-7,10H,2-3,8H2,(H,15,16,17). The van der Waals surface area contributed by atoms with E-state index in [0.29, 0.717) is 6.04 Å². The van der Waals surface area contributed by atoms with Gasteiger partial charge in [-0.25, -0.2) is 9.97 Å². The summed E-state index contributed by atoms with van der Waals surface area (Å²) in [5.41, 5.74) is 1.89. The summed E-state index contributed by atoms with van der Waals surface area (Å²) in [7, 11) is 0. The van der Waals surface area contributed by atoms with Crippen molar-refractivity contribution in [2.45, 2.75) is 18.9 Å². The minimum Gasteiger partial charge on any atom is -0.454 e. The molecular formula is C14H13N3O2. The molecule has 4 rings (SSSR count). The van der Waals surface area contributed by atoms with Crippen molar-refractivity contribution in [2.75, 3.05) is 12.1 Å². The maximum Gasteiger partial charge on any atom is 0.231 e. The van der Waals surface area contributed by atoms with Crippen LogP contribution in [0.2, 0.25) is 0 Å². The van der Waals surface area contributed by atoms with Gasteiger partial charge in [0.15, 0.2) is 11.5 Å². The highest BCUT2D eigenvalue weighted by Crippen LogP contribution is 2.35. The van der Waals surface area contributed by atoms with E-state index in [1.54, 1.807) is 6.33 Å². The Hall–Kier alpha value is -2.30. The van der Waals surface area contributed by atoms with E-state index in [9.17, 15) is 0 Å². The van der Waals surface area contributed by atoms with Crippen LogP contribution in [-0.2, 0) is 0 Å². The second-order valence-corrected chi connectivity index (χ2v) is 4.78. The maximum atomic E-state index is 5.38. The number of anilines is 1. The fourth-order valence-corrected chi connectivity index (χ4v) is 2.09. The first-order valence-electron chi connectivity index (χ1n) is 6.37. The number of hydrogen-bond acceptors (Lipinski definition) is 5. The van der Waals surface area contributed by atoms with Crippen LogP contribution in [0.3, 0.4) is 0 Å². The number of nitrogens with one attached hydrogen (secondary N) is 1. The number of benzene rings is 1. The van der Waals surface area contributed by atoms with Gasteiger partial charge in [-0.1, -0.05) is 0 Å². The van der Waals surface area contributed by atoms with Crippen LogP contribution in [0, 0.1) is 0 Å². The summed E-state index contributed by atoms with van der Waals surface area (Å²) in [6.45, 7) is 0.289. The second-order valence-electron chi connectivity index (χ2n) is 4.78. The monoisotopic (exact) mass is 255 g/mol. The van der Waals surface area contributed by atoms with Gasteiger partial charge in [-0.2, -0.15) is 0 Å². The summed E-state index contributed by atoms with van der Waals surface area (Å²) in [5, 5.41) is 3.37. The molecule has 1 fully saturated rings. The summed E-state index contributed by atoms with van der Waals surface area (Å²) < 4.78 is 10.7. The quantitative estimate of drug-likeness (QED) is 0.913. The molecule has 2 aromatic rings. The van der Waals surface area contributed by atoms with Crippen molar-refractivity contribution in [1.29, 1.82) is 0 Å². The number of aromatic nitrogens is 2. The number of hydrogen-bond donors (Lipinski definition) is 1. The van der Waals surface area contributed by atoms with E-state index in [1.807, 2.05) is 24.3 Å². The van der Waals surface area contributed by atoms with E-state index in [-0.39, 0.29) is 6.79 Å². The highest BCUT2D eigenvalue weighted by atomic mass is 16.7. The normalized spacial score (nSPS) is 16.4. The molecule has 0 radical (unpaired) electrons. The molecule has 0 unspecified atom stereocenters. The van der Waals surface area contributed by atoms with Gasteiger partial charge >= 0.3 is 0 Å². The summed E-state index contributed by atoms with van der Waals surface area (Å²) in [6, 6.07) is 8.39. The Kier molecular flexibility index (Phi) is 2.30. The smallest absolute Gasteiger partial charge is 0.231 e. The highest BCUT2D eigenvalue weighted by molar-refractivity contribution is 5.66. The zero-order valence-electron chi connectivity index (χ0n) is 10.3. The van der Waals surface area contributed by atoms with Crippen LogP contribution in [0.4, 0.5) is 5.82 Å². The van der Waals surface area contributed by atoms with Crippen molar-refractivity contribution in [1.82, 2.24) is 9.97 Å². The molecule has 0 amide bonds. The molecule has 1 N–H and O–H groups in total. The third-order valence-electron chi connectivity index (χ3n) is 3.26. The third kappa shape index (κ3) is 2.07. The molecule has 5 heteroatoms. The lowest BCUT2D eigenvalue weighted by atomic mass is 10.1. The molecule has 19 heavy (non-hydrogen) atoms. The van der Waals surface area contributed by atoms with Crippen LogP contribution < -0.4 is 14.8 Å². The Bertz CT molecular complexity index is 626.